The van der Waals surface area contributed by atoms with E-state index in [1.165, 1.54) is 50.1 Å². The Balaban J connectivity index is 1.07. The van der Waals surface area contributed by atoms with Gasteiger partial charge in [-0.1, -0.05) is 109 Å². The van der Waals surface area contributed by atoms with Crippen molar-refractivity contribution in [3.05, 3.63) is 131 Å². The van der Waals surface area contributed by atoms with Gasteiger partial charge in [-0.25, -0.2) is 4.79 Å². The highest BCUT2D eigenvalue weighted by molar-refractivity contribution is 5.81. The van der Waals surface area contributed by atoms with Gasteiger partial charge in [-0.2, -0.15) is 0 Å². The van der Waals surface area contributed by atoms with Crippen LogP contribution in [0.15, 0.2) is 109 Å². The van der Waals surface area contributed by atoms with E-state index in [1.807, 2.05) is 4.90 Å². The second-order valence-electron chi connectivity index (χ2n) is 11.0. The van der Waals surface area contributed by atoms with Crippen molar-refractivity contribution >= 4 is 6.09 Å². The summed E-state index contributed by atoms with van der Waals surface area (Å²) in [6, 6.07) is 34.2. The third-order valence-corrected chi connectivity index (χ3v) is 8.98. The van der Waals surface area contributed by atoms with Crippen LogP contribution in [0.5, 0.6) is 0 Å². The number of nitrogens with zero attached hydrogens (tertiary/aromatic N) is 1. The van der Waals surface area contributed by atoms with E-state index < -0.39 is 0 Å². The molecule has 1 saturated heterocycles. The molecule has 2 bridgehead atoms. The van der Waals surface area contributed by atoms with Crippen molar-refractivity contribution in [2.24, 2.45) is 0 Å². The van der Waals surface area contributed by atoms with E-state index in [-0.39, 0.29) is 30.0 Å². The van der Waals surface area contributed by atoms with Crippen molar-refractivity contribution in [3.63, 3.8) is 0 Å². The molecular weight excluding hydrogens is 482 g/mol. The smallest absolute Gasteiger partial charge is 0.410 e. The maximum atomic E-state index is 13.6. The highest BCUT2D eigenvalue weighted by atomic mass is 16.6. The normalized spacial score (nSPS) is 21.0. The number of carbonyl (C=O) groups excluding carboxylic acids is 1. The molecule has 1 amide bonds. The molecule has 2 aliphatic heterocycles. The lowest BCUT2D eigenvalue weighted by atomic mass is 9.81. The van der Waals surface area contributed by atoms with Gasteiger partial charge in [-0.3, -0.25) is 4.90 Å². The van der Waals surface area contributed by atoms with Crippen LogP contribution in [0.2, 0.25) is 0 Å². The van der Waals surface area contributed by atoms with Crippen molar-refractivity contribution in [2.75, 3.05) is 19.8 Å². The maximum Gasteiger partial charge on any atom is 0.410 e. The van der Waals surface area contributed by atoms with Crippen LogP contribution in [-0.4, -0.2) is 42.9 Å². The van der Waals surface area contributed by atoms with Crippen LogP contribution < -0.4 is 0 Å². The van der Waals surface area contributed by atoms with E-state index in [1.54, 1.807) is 0 Å². The molecule has 4 aromatic carbocycles. The van der Waals surface area contributed by atoms with Gasteiger partial charge in [0.1, 0.15) is 6.61 Å². The molecule has 4 aliphatic rings. The predicted octanol–water partition coefficient (Wildman–Crippen LogP) is 7.15. The molecule has 2 heterocycles. The average molecular weight is 512 g/mol. The van der Waals surface area contributed by atoms with E-state index in [0.717, 1.165) is 6.42 Å². The molecule has 0 spiro atoms. The predicted molar refractivity (Wildman–Crippen MR) is 152 cm³/mol. The zero-order valence-corrected chi connectivity index (χ0v) is 21.6. The highest BCUT2D eigenvalue weighted by Gasteiger charge is 2.42. The molecule has 2 aliphatic carbocycles. The molecule has 1 fully saturated rings. The van der Waals surface area contributed by atoms with Gasteiger partial charge in [0.2, 0.25) is 0 Å². The second kappa shape index (κ2) is 8.96. The van der Waals surface area contributed by atoms with E-state index in [4.69, 9.17) is 9.47 Å². The van der Waals surface area contributed by atoms with Gasteiger partial charge >= 0.3 is 6.09 Å². The summed E-state index contributed by atoms with van der Waals surface area (Å²) >= 11 is 0. The standard InChI is InChI=1S/C35H29NO3/c37-35(39-21-33-29-13-3-1-9-25(29)26-10-2-4-14-30(26)33)36-23-17-22(18-24(36)20-38-19-23)34-31-15-7-5-11-27(31)28-12-6-8-16-32(28)34/h1-17,23-24,33-34H,18-21H2. The summed E-state index contributed by atoms with van der Waals surface area (Å²) in [5, 5.41) is 0. The van der Waals surface area contributed by atoms with Crippen LogP contribution >= 0.6 is 0 Å². The fourth-order valence-corrected chi connectivity index (χ4v) is 7.35. The third-order valence-electron chi connectivity index (χ3n) is 8.98. The van der Waals surface area contributed by atoms with Crippen LogP contribution in [0.3, 0.4) is 0 Å². The fourth-order valence-electron chi connectivity index (χ4n) is 7.35. The number of fused-ring (bicyclic) bond motifs is 8. The molecule has 0 radical (unpaired) electrons. The Morgan fingerprint density at radius 1 is 0.718 bits per heavy atom. The Bertz CT molecular complexity index is 1550. The van der Waals surface area contributed by atoms with Crippen LogP contribution in [0.4, 0.5) is 4.79 Å². The van der Waals surface area contributed by atoms with E-state index in [2.05, 4.69) is 103 Å². The molecule has 2 atom stereocenters. The van der Waals surface area contributed by atoms with Crippen molar-refractivity contribution in [3.8, 4) is 22.3 Å². The van der Waals surface area contributed by atoms with Crippen LogP contribution in [0.25, 0.3) is 22.3 Å². The van der Waals surface area contributed by atoms with Gasteiger partial charge in [-0.05, 0) is 50.9 Å². The van der Waals surface area contributed by atoms with E-state index in [0.29, 0.717) is 19.8 Å². The Labute approximate surface area is 228 Å². The number of hydrogen-bond donors (Lipinski definition) is 0. The maximum absolute atomic E-state index is 13.6. The number of morpholine rings is 1. The summed E-state index contributed by atoms with van der Waals surface area (Å²) in [4.78, 5) is 15.6. The first-order chi connectivity index (χ1) is 19.3. The number of benzene rings is 4. The molecule has 4 aromatic rings. The molecule has 0 saturated carbocycles. The van der Waals surface area contributed by atoms with Gasteiger partial charge in [0.25, 0.3) is 0 Å². The number of rotatable bonds is 3. The molecule has 4 nitrogen and oxygen atoms in total. The van der Waals surface area contributed by atoms with E-state index in [9.17, 15) is 4.79 Å². The summed E-state index contributed by atoms with van der Waals surface area (Å²) in [5.74, 6) is 0.282. The largest absolute Gasteiger partial charge is 0.448 e. The van der Waals surface area contributed by atoms with E-state index >= 15 is 0 Å². The zero-order valence-electron chi connectivity index (χ0n) is 21.6. The van der Waals surface area contributed by atoms with Gasteiger partial charge in [0.05, 0.1) is 25.3 Å². The Hall–Kier alpha value is -4.15. The molecular formula is C35H29NO3. The topological polar surface area (TPSA) is 38.8 Å². The first-order valence-electron chi connectivity index (χ1n) is 13.9. The summed E-state index contributed by atoms with van der Waals surface area (Å²) in [6.07, 6.45) is 2.83. The summed E-state index contributed by atoms with van der Waals surface area (Å²) in [5.41, 5.74) is 11.7. The summed E-state index contributed by atoms with van der Waals surface area (Å²) in [6.45, 7) is 1.37. The molecule has 4 heteroatoms. The quantitative estimate of drug-likeness (QED) is 0.274. The first-order valence-corrected chi connectivity index (χ1v) is 13.9. The SMILES string of the molecule is O=C(OCC1c2ccccc2-c2ccccc21)N1C2C=C(C3c4ccccc4-c4ccccc43)CC1COC2. The van der Waals surface area contributed by atoms with Crippen molar-refractivity contribution < 1.29 is 14.3 Å². The Kier molecular flexibility index (Phi) is 5.24. The second-order valence-corrected chi connectivity index (χ2v) is 11.0. The lowest BCUT2D eigenvalue weighted by molar-refractivity contribution is -0.0366. The minimum atomic E-state index is -0.238. The van der Waals surface area contributed by atoms with Gasteiger partial charge in [-0.15, -0.1) is 0 Å². The van der Waals surface area contributed by atoms with Gasteiger partial charge < -0.3 is 9.47 Å². The van der Waals surface area contributed by atoms with Crippen LogP contribution in [-0.2, 0) is 9.47 Å². The molecule has 0 aromatic heterocycles. The lowest BCUT2D eigenvalue weighted by Gasteiger charge is -2.45. The molecule has 192 valence electrons. The van der Waals surface area contributed by atoms with Crippen LogP contribution in [0.1, 0.15) is 40.5 Å². The molecule has 39 heavy (non-hydrogen) atoms. The molecule has 2 unspecified atom stereocenters. The van der Waals surface area contributed by atoms with Crippen molar-refractivity contribution in [1.29, 1.82) is 0 Å². The molecule has 8 rings (SSSR count). The number of amides is 1. The Morgan fingerprint density at radius 3 is 1.79 bits per heavy atom. The number of ether oxygens (including phenoxy) is 2. The lowest BCUT2D eigenvalue weighted by Crippen LogP contribution is -2.56. The fraction of sp³-hybridized carbons (Fsp3) is 0.229. The number of hydrogen-bond acceptors (Lipinski definition) is 3. The third kappa shape index (κ3) is 3.51. The first kappa shape index (κ1) is 22.8. The van der Waals surface area contributed by atoms with Gasteiger partial charge in [0, 0.05) is 11.8 Å². The van der Waals surface area contributed by atoms with Gasteiger partial charge in [0.15, 0.2) is 0 Å². The van der Waals surface area contributed by atoms with Crippen molar-refractivity contribution in [2.45, 2.75) is 30.3 Å². The Morgan fingerprint density at radius 2 is 1.23 bits per heavy atom. The van der Waals surface area contributed by atoms with Crippen LogP contribution in [0, 0.1) is 0 Å². The average Bonchev–Trinajstić information content (AvgIpc) is 3.48. The highest BCUT2D eigenvalue weighted by Crippen LogP contribution is 2.50. The van der Waals surface area contributed by atoms with Crippen molar-refractivity contribution in [1.82, 2.24) is 4.90 Å². The molecule has 0 N–H and O–H groups in total. The minimum absolute atomic E-state index is 0.0284. The summed E-state index contributed by atoms with van der Waals surface area (Å²) < 4.78 is 12.0. The summed E-state index contributed by atoms with van der Waals surface area (Å²) in [7, 11) is 0. The monoisotopic (exact) mass is 511 g/mol. The number of carbonyl (C=O) groups is 1. The zero-order chi connectivity index (χ0) is 25.9. The minimum Gasteiger partial charge on any atom is -0.448 e.